The fraction of sp³-hybridized carbons (Fsp3) is 0.474. The molecule has 9 heteroatoms. The molecule has 2 aromatic rings. The molecule has 0 unspecified atom stereocenters. The summed E-state index contributed by atoms with van der Waals surface area (Å²) in [5.74, 6) is -0.136. The number of carbonyl (C=O) groups excluding carboxylic acids is 1. The van der Waals surface area contributed by atoms with Crippen LogP contribution in [-0.4, -0.2) is 64.9 Å². The lowest BCUT2D eigenvalue weighted by molar-refractivity contribution is -0.173. The summed E-state index contributed by atoms with van der Waals surface area (Å²) in [6.45, 7) is 2.57. The number of likely N-dealkylation sites (N-methyl/N-ethyl adjacent to an activating group) is 1. The maximum atomic E-state index is 13.7. The molecule has 1 N–H and O–H groups in total. The minimum atomic E-state index is -4.45. The van der Waals surface area contributed by atoms with E-state index in [1.54, 1.807) is 29.2 Å². The Morgan fingerprint density at radius 2 is 1.82 bits per heavy atom. The van der Waals surface area contributed by atoms with Crippen molar-refractivity contribution < 1.29 is 18.0 Å². The topological polar surface area (TPSA) is 53.4 Å². The van der Waals surface area contributed by atoms with Gasteiger partial charge in [-0.25, -0.2) is 4.68 Å². The molecule has 1 fully saturated rings. The van der Waals surface area contributed by atoms with Crippen LogP contribution >= 0.6 is 0 Å². The smallest absolute Gasteiger partial charge is 0.363 e. The maximum absolute atomic E-state index is 13.7. The average molecular weight is 393 g/mol. The van der Waals surface area contributed by atoms with Crippen LogP contribution in [0, 0.1) is 0 Å². The number of rotatable bonds is 2. The second kappa shape index (κ2) is 7.12. The van der Waals surface area contributed by atoms with E-state index in [1.165, 1.54) is 6.20 Å². The molecule has 28 heavy (non-hydrogen) atoms. The van der Waals surface area contributed by atoms with Crippen LogP contribution in [0.25, 0.3) is 0 Å². The summed E-state index contributed by atoms with van der Waals surface area (Å²) >= 11 is 0. The van der Waals surface area contributed by atoms with Gasteiger partial charge in [-0.3, -0.25) is 4.79 Å². The minimum absolute atomic E-state index is 0.145. The molecule has 150 valence electrons. The summed E-state index contributed by atoms with van der Waals surface area (Å²) in [6.07, 6.45) is -3.37. The third-order valence-corrected chi connectivity index (χ3v) is 5.46. The predicted octanol–water partition coefficient (Wildman–Crippen LogP) is 2.93. The number of benzene rings is 1. The SMILES string of the molecule is CN1CCN(C(=O)c2cnn3c2N[C@H](c2ccccc2)C[C@@H]3C(F)(F)F)CC1. The van der Waals surface area contributed by atoms with E-state index in [-0.39, 0.29) is 23.7 Å². The van der Waals surface area contributed by atoms with Gasteiger partial charge in [-0.2, -0.15) is 18.3 Å². The Kier molecular flexibility index (Phi) is 4.78. The maximum Gasteiger partial charge on any atom is 0.410 e. The van der Waals surface area contributed by atoms with E-state index >= 15 is 0 Å². The van der Waals surface area contributed by atoms with Crippen molar-refractivity contribution in [2.75, 3.05) is 38.5 Å². The van der Waals surface area contributed by atoms with Gasteiger partial charge in [-0.15, -0.1) is 0 Å². The highest BCUT2D eigenvalue weighted by molar-refractivity contribution is 5.99. The van der Waals surface area contributed by atoms with Crippen molar-refractivity contribution in [2.45, 2.75) is 24.7 Å². The molecule has 0 saturated carbocycles. The van der Waals surface area contributed by atoms with Crippen LogP contribution < -0.4 is 5.32 Å². The molecule has 1 aromatic heterocycles. The van der Waals surface area contributed by atoms with Gasteiger partial charge in [0.05, 0.1) is 12.2 Å². The average Bonchev–Trinajstić information content (AvgIpc) is 3.11. The van der Waals surface area contributed by atoms with E-state index < -0.39 is 18.3 Å². The van der Waals surface area contributed by atoms with E-state index in [4.69, 9.17) is 0 Å². The quantitative estimate of drug-likeness (QED) is 0.853. The Labute approximate surface area is 160 Å². The van der Waals surface area contributed by atoms with Crippen LogP contribution in [-0.2, 0) is 0 Å². The number of hydrogen-bond donors (Lipinski definition) is 1. The largest absolute Gasteiger partial charge is 0.410 e. The summed E-state index contributed by atoms with van der Waals surface area (Å²) in [5, 5.41) is 7.08. The van der Waals surface area contributed by atoms with E-state index in [0.29, 0.717) is 13.1 Å². The van der Waals surface area contributed by atoms with Gasteiger partial charge in [-0.05, 0) is 12.6 Å². The van der Waals surface area contributed by atoms with Gasteiger partial charge in [-0.1, -0.05) is 30.3 Å². The van der Waals surface area contributed by atoms with Gasteiger partial charge in [0.15, 0.2) is 6.04 Å². The first-order chi connectivity index (χ1) is 13.3. The summed E-state index contributed by atoms with van der Waals surface area (Å²) in [7, 11) is 1.98. The number of alkyl halides is 3. The lowest BCUT2D eigenvalue weighted by atomic mass is 9.96. The van der Waals surface area contributed by atoms with Gasteiger partial charge in [0.2, 0.25) is 0 Å². The normalized spacial score (nSPS) is 23.2. The van der Waals surface area contributed by atoms with Gasteiger partial charge in [0.1, 0.15) is 11.4 Å². The monoisotopic (exact) mass is 393 g/mol. The summed E-state index contributed by atoms with van der Waals surface area (Å²) < 4.78 is 42.1. The Hall–Kier alpha value is -2.55. The summed E-state index contributed by atoms with van der Waals surface area (Å²) in [4.78, 5) is 16.8. The molecular weight excluding hydrogens is 371 g/mol. The first-order valence-corrected chi connectivity index (χ1v) is 9.28. The number of aromatic nitrogens is 2. The first-order valence-electron chi connectivity index (χ1n) is 9.28. The number of halogens is 3. The number of nitrogens with one attached hydrogen (secondary N) is 1. The Morgan fingerprint density at radius 3 is 2.46 bits per heavy atom. The number of amides is 1. The van der Waals surface area contributed by atoms with Crippen molar-refractivity contribution in [3.05, 3.63) is 47.7 Å². The third-order valence-electron chi connectivity index (χ3n) is 5.46. The first kappa shape index (κ1) is 18.8. The molecule has 0 bridgehead atoms. The molecule has 2 aliphatic rings. The van der Waals surface area contributed by atoms with Crippen molar-refractivity contribution >= 4 is 11.7 Å². The second-order valence-corrected chi connectivity index (χ2v) is 7.35. The molecule has 6 nitrogen and oxygen atoms in total. The van der Waals surface area contributed by atoms with Crippen molar-refractivity contribution in [3.63, 3.8) is 0 Å². The van der Waals surface area contributed by atoms with Crippen LogP contribution in [0.3, 0.4) is 0 Å². The highest BCUT2D eigenvalue weighted by Crippen LogP contribution is 2.44. The van der Waals surface area contributed by atoms with Crippen molar-refractivity contribution in [1.29, 1.82) is 0 Å². The Balaban J connectivity index is 1.68. The number of carbonyl (C=O) groups is 1. The standard InChI is InChI=1S/C19H22F3N5O/c1-25-7-9-26(10-8-25)18(28)14-12-23-27-16(19(20,21)22)11-15(24-17(14)27)13-5-3-2-4-6-13/h2-6,12,15-16,24H,7-11H2,1H3/t15-,16+/m0/s1. The van der Waals surface area contributed by atoms with Crippen LogP contribution in [0.15, 0.2) is 36.5 Å². The van der Waals surface area contributed by atoms with E-state index in [0.717, 1.165) is 23.3 Å². The van der Waals surface area contributed by atoms with Crippen LogP contribution in [0.5, 0.6) is 0 Å². The molecule has 2 atom stereocenters. The number of anilines is 1. The highest BCUT2D eigenvalue weighted by atomic mass is 19.4. The lowest BCUT2D eigenvalue weighted by Crippen LogP contribution is -2.47. The highest BCUT2D eigenvalue weighted by Gasteiger charge is 2.47. The summed E-state index contributed by atoms with van der Waals surface area (Å²) in [6, 6.07) is 6.67. The number of fused-ring (bicyclic) bond motifs is 1. The van der Waals surface area contributed by atoms with Gasteiger partial charge < -0.3 is 15.1 Å². The third kappa shape index (κ3) is 3.46. The molecule has 0 spiro atoms. The molecule has 4 rings (SSSR count). The molecule has 3 heterocycles. The molecule has 2 aliphatic heterocycles. The minimum Gasteiger partial charge on any atom is -0.363 e. The van der Waals surface area contributed by atoms with Crippen LogP contribution in [0.4, 0.5) is 19.0 Å². The van der Waals surface area contributed by atoms with E-state index in [9.17, 15) is 18.0 Å². The predicted molar refractivity (Wildman–Crippen MR) is 98.1 cm³/mol. The zero-order valence-electron chi connectivity index (χ0n) is 15.5. The molecular formula is C19H22F3N5O. The second-order valence-electron chi connectivity index (χ2n) is 7.35. The van der Waals surface area contributed by atoms with Crippen LogP contribution in [0.1, 0.15) is 34.4 Å². The Morgan fingerprint density at radius 1 is 1.14 bits per heavy atom. The molecule has 0 aliphatic carbocycles. The van der Waals surface area contributed by atoms with Gasteiger partial charge in [0, 0.05) is 32.6 Å². The zero-order chi connectivity index (χ0) is 19.9. The van der Waals surface area contributed by atoms with Gasteiger partial charge in [0.25, 0.3) is 5.91 Å². The number of hydrogen-bond acceptors (Lipinski definition) is 4. The zero-order valence-corrected chi connectivity index (χ0v) is 15.5. The fourth-order valence-electron chi connectivity index (χ4n) is 3.80. The molecule has 1 saturated heterocycles. The van der Waals surface area contributed by atoms with Crippen LogP contribution in [0.2, 0.25) is 0 Å². The Bertz CT molecular complexity index is 843. The molecule has 1 aromatic carbocycles. The van der Waals surface area contributed by atoms with E-state index in [2.05, 4.69) is 15.3 Å². The van der Waals surface area contributed by atoms with Crippen molar-refractivity contribution in [1.82, 2.24) is 19.6 Å². The fourth-order valence-corrected chi connectivity index (χ4v) is 3.80. The van der Waals surface area contributed by atoms with Crippen molar-refractivity contribution in [2.24, 2.45) is 0 Å². The van der Waals surface area contributed by atoms with Gasteiger partial charge >= 0.3 is 6.18 Å². The summed E-state index contributed by atoms with van der Waals surface area (Å²) in [5.41, 5.74) is 0.946. The number of piperazine rings is 1. The van der Waals surface area contributed by atoms with Crippen molar-refractivity contribution in [3.8, 4) is 0 Å². The molecule has 1 amide bonds. The number of nitrogens with zero attached hydrogens (tertiary/aromatic N) is 4. The molecule has 0 radical (unpaired) electrons. The van der Waals surface area contributed by atoms with E-state index in [1.807, 2.05) is 13.1 Å². The lowest BCUT2D eigenvalue weighted by Gasteiger charge is -2.35.